The average Bonchev–Trinajstić information content (AvgIpc) is 2.79. The molecule has 4 heteroatoms. The van der Waals surface area contributed by atoms with Gasteiger partial charge in [-0.2, -0.15) is 0 Å². The van der Waals surface area contributed by atoms with E-state index in [-0.39, 0.29) is 11.7 Å². The zero-order valence-electron chi connectivity index (χ0n) is 11.3. The largest absolute Gasteiger partial charge is 0.295 e. The minimum Gasteiger partial charge on any atom is -0.295 e. The number of imidazole rings is 1. The molecule has 3 rings (SSSR count). The summed E-state index contributed by atoms with van der Waals surface area (Å²) in [5, 5.41) is 0. The smallest absolute Gasteiger partial charge is 0.129 e. The molecule has 0 spiro atoms. The monoisotopic (exact) mass is 288 g/mol. The van der Waals surface area contributed by atoms with Crippen LogP contribution in [0.25, 0.3) is 16.7 Å². The Morgan fingerprint density at radius 1 is 1.15 bits per heavy atom. The van der Waals surface area contributed by atoms with Gasteiger partial charge in [0.1, 0.15) is 11.6 Å². The molecule has 0 fully saturated rings. The van der Waals surface area contributed by atoms with Gasteiger partial charge in [0.15, 0.2) is 0 Å². The van der Waals surface area contributed by atoms with Gasteiger partial charge in [-0.3, -0.25) is 4.57 Å². The zero-order valence-corrected chi connectivity index (χ0v) is 12.1. The molecule has 0 unspecified atom stereocenters. The molecule has 0 atom stereocenters. The van der Waals surface area contributed by atoms with E-state index in [0.717, 1.165) is 28.1 Å². The first kappa shape index (κ1) is 13.1. The summed E-state index contributed by atoms with van der Waals surface area (Å²) in [6.07, 6.45) is 0. The number of alkyl halides is 1. The Morgan fingerprint density at radius 3 is 2.65 bits per heavy atom. The second-order valence-corrected chi connectivity index (χ2v) is 5.19. The van der Waals surface area contributed by atoms with Crippen LogP contribution >= 0.6 is 11.6 Å². The van der Waals surface area contributed by atoms with Crippen molar-refractivity contribution in [2.75, 3.05) is 0 Å². The summed E-state index contributed by atoms with van der Waals surface area (Å²) < 4.78 is 15.7. The Kier molecular flexibility index (Phi) is 3.22. The summed E-state index contributed by atoms with van der Waals surface area (Å²) >= 11 is 5.99. The number of fused-ring (bicyclic) bond motifs is 1. The zero-order chi connectivity index (χ0) is 14.3. The molecule has 0 aliphatic rings. The SMILES string of the molecule is Cc1ccc2c(c1)nc(CCl)n2-c1ccc(C)c(F)c1. The van der Waals surface area contributed by atoms with Gasteiger partial charge in [-0.1, -0.05) is 12.1 Å². The molecule has 0 bridgehead atoms. The Hall–Kier alpha value is -1.87. The van der Waals surface area contributed by atoms with Crippen LogP contribution in [0, 0.1) is 19.7 Å². The van der Waals surface area contributed by atoms with Crippen molar-refractivity contribution in [3.63, 3.8) is 0 Å². The van der Waals surface area contributed by atoms with Crippen LogP contribution in [-0.4, -0.2) is 9.55 Å². The maximum absolute atomic E-state index is 13.8. The van der Waals surface area contributed by atoms with Crippen molar-refractivity contribution in [2.24, 2.45) is 0 Å². The molecular weight excluding hydrogens is 275 g/mol. The Labute approximate surface area is 121 Å². The molecule has 0 saturated carbocycles. The summed E-state index contributed by atoms with van der Waals surface area (Å²) in [6, 6.07) is 11.2. The van der Waals surface area contributed by atoms with Gasteiger partial charge in [0, 0.05) is 0 Å². The van der Waals surface area contributed by atoms with Crippen LogP contribution in [0.3, 0.4) is 0 Å². The number of hydrogen-bond donors (Lipinski definition) is 0. The lowest BCUT2D eigenvalue weighted by Gasteiger charge is -2.09. The Morgan fingerprint density at radius 2 is 1.95 bits per heavy atom. The van der Waals surface area contributed by atoms with Gasteiger partial charge in [-0.05, 0) is 49.2 Å². The van der Waals surface area contributed by atoms with E-state index in [2.05, 4.69) is 4.98 Å². The van der Waals surface area contributed by atoms with Crippen LogP contribution in [0.4, 0.5) is 4.39 Å². The predicted octanol–water partition coefficient (Wildman–Crippen LogP) is 4.52. The van der Waals surface area contributed by atoms with E-state index in [0.29, 0.717) is 5.56 Å². The van der Waals surface area contributed by atoms with Gasteiger partial charge >= 0.3 is 0 Å². The van der Waals surface area contributed by atoms with Gasteiger partial charge < -0.3 is 0 Å². The van der Waals surface area contributed by atoms with Gasteiger partial charge in [-0.25, -0.2) is 9.37 Å². The number of hydrogen-bond acceptors (Lipinski definition) is 1. The molecule has 0 aliphatic carbocycles. The van der Waals surface area contributed by atoms with Gasteiger partial charge in [0.05, 0.1) is 22.6 Å². The number of rotatable bonds is 2. The molecule has 3 aromatic rings. The topological polar surface area (TPSA) is 17.8 Å². The van der Waals surface area contributed by atoms with Gasteiger partial charge in [0.25, 0.3) is 0 Å². The average molecular weight is 289 g/mol. The molecule has 0 radical (unpaired) electrons. The minimum absolute atomic E-state index is 0.225. The van der Waals surface area contributed by atoms with E-state index in [9.17, 15) is 4.39 Å². The molecule has 0 saturated heterocycles. The first-order chi connectivity index (χ1) is 9.60. The molecule has 1 heterocycles. The van der Waals surface area contributed by atoms with Crippen molar-refractivity contribution < 1.29 is 4.39 Å². The minimum atomic E-state index is -0.225. The number of benzene rings is 2. The second kappa shape index (κ2) is 4.91. The lowest BCUT2D eigenvalue weighted by Crippen LogP contribution is -2.00. The third-order valence-corrected chi connectivity index (χ3v) is 3.65. The maximum Gasteiger partial charge on any atom is 0.129 e. The molecule has 0 amide bonds. The highest BCUT2D eigenvalue weighted by Crippen LogP contribution is 2.24. The van der Waals surface area contributed by atoms with E-state index >= 15 is 0 Å². The fourth-order valence-electron chi connectivity index (χ4n) is 2.34. The fraction of sp³-hybridized carbons (Fsp3) is 0.188. The fourth-order valence-corrected chi connectivity index (χ4v) is 2.52. The van der Waals surface area contributed by atoms with E-state index in [1.807, 2.05) is 35.8 Å². The second-order valence-electron chi connectivity index (χ2n) is 4.92. The first-order valence-corrected chi connectivity index (χ1v) is 6.94. The highest BCUT2D eigenvalue weighted by Gasteiger charge is 2.12. The Bertz CT molecular complexity index is 793. The Balaban J connectivity index is 2.30. The number of aryl methyl sites for hydroxylation is 2. The van der Waals surface area contributed by atoms with Crippen molar-refractivity contribution in [3.8, 4) is 5.69 Å². The molecule has 1 aromatic heterocycles. The quantitative estimate of drug-likeness (QED) is 0.634. The molecular formula is C16H14ClFN2. The predicted molar refractivity (Wildman–Crippen MR) is 80.1 cm³/mol. The van der Waals surface area contributed by atoms with Crippen LogP contribution in [0.2, 0.25) is 0 Å². The maximum atomic E-state index is 13.8. The standard InChI is InChI=1S/C16H14ClFN2/c1-10-3-6-15-14(7-10)19-16(9-17)20(15)12-5-4-11(2)13(18)8-12/h3-8H,9H2,1-2H3. The van der Waals surface area contributed by atoms with Gasteiger partial charge in [0.2, 0.25) is 0 Å². The van der Waals surface area contributed by atoms with Crippen LogP contribution in [-0.2, 0) is 5.88 Å². The summed E-state index contributed by atoms with van der Waals surface area (Å²) in [5.74, 6) is 0.774. The molecule has 2 aromatic carbocycles. The van der Waals surface area contributed by atoms with Crippen molar-refractivity contribution in [3.05, 3.63) is 59.2 Å². The van der Waals surface area contributed by atoms with Crippen molar-refractivity contribution in [1.29, 1.82) is 0 Å². The van der Waals surface area contributed by atoms with Crippen LogP contribution < -0.4 is 0 Å². The van der Waals surface area contributed by atoms with Crippen molar-refractivity contribution in [1.82, 2.24) is 9.55 Å². The van der Waals surface area contributed by atoms with Crippen LogP contribution in [0.5, 0.6) is 0 Å². The number of nitrogens with zero attached hydrogens (tertiary/aromatic N) is 2. The van der Waals surface area contributed by atoms with E-state index in [1.54, 1.807) is 13.0 Å². The first-order valence-electron chi connectivity index (χ1n) is 6.40. The van der Waals surface area contributed by atoms with E-state index in [4.69, 9.17) is 11.6 Å². The highest BCUT2D eigenvalue weighted by atomic mass is 35.5. The van der Waals surface area contributed by atoms with Crippen LogP contribution in [0.15, 0.2) is 36.4 Å². The molecule has 0 N–H and O–H groups in total. The van der Waals surface area contributed by atoms with Crippen molar-refractivity contribution in [2.45, 2.75) is 19.7 Å². The van der Waals surface area contributed by atoms with E-state index < -0.39 is 0 Å². The summed E-state index contributed by atoms with van der Waals surface area (Å²) in [5.41, 5.74) is 4.33. The molecule has 102 valence electrons. The summed E-state index contributed by atoms with van der Waals surface area (Å²) in [4.78, 5) is 4.53. The third-order valence-electron chi connectivity index (χ3n) is 3.41. The molecule has 0 aliphatic heterocycles. The van der Waals surface area contributed by atoms with Gasteiger partial charge in [-0.15, -0.1) is 11.6 Å². The third kappa shape index (κ3) is 2.08. The van der Waals surface area contributed by atoms with E-state index in [1.165, 1.54) is 6.07 Å². The normalized spacial score (nSPS) is 11.2. The highest BCUT2D eigenvalue weighted by molar-refractivity contribution is 6.17. The lowest BCUT2D eigenvalue weighted by atomic mass is 10.2. The lowest BCUT2D eigenvalue weighted by molar-refractivity contribution is 0.617. The van der Waals surface area contributed by atoms with Crippen LogP contribution in [0.1, 0.15) is 17.0 Å². The molecule has 2 nitrogen and oxygen atoms in total. The molecule has 20 heavy (non-hydrogen) atoms. The number of halogens is 2. The summed E-state index contributed by atoms with van der Waals surface area (Å²) in [6.45, 7) is 3.77. The summed E-state index contributed by atoms with van der Waals surface area (Å²) in [7, 11) is 0. The number of aromatic nitrogens is 2. The van der Waals surface area contributed by atoms with Crippen molar-refractivity contribution >= 4 is 22.6 Å².